The van der Waals surface area contributed by atoms with Crippen LogP contribution in [0.15, 0.2) is 24.3 Å². The molecule has 0 radical (unpaired) electrons. The fourth-order valence-corrected chi connectivity index (χ4v) is 3.84. The Morgan fingerprint density at radius 1 is 1.44 bits per heavy atom. The molecule has 2 atom stereocenters. The molecule has 0 saturated carbocycles. The summed E-state index contributed by atoms with van der Waals surface area (Å²) in [4.78, 5) is 18.7. The Hall–Kier alpha value is -2.34. The van der Waals surface area contributed by atoms with E-state index in [4.69, 9.17) is 10.7 Å². The van der Waals surface area contributed by atoms with Gasteiger partial charge in [-0.3, -0.25) is 0 Å². The van der Waals surface area contributed by atoms with E-state index in [9.17, 15) is 9.90 Å². The molecule has 1 unspecified atom stereocenters. The summed E-state index contributed by atoms with van der Waals surface area (Å²) in [5, 5.41) is 13.2. The van der Waals surface area contributed by atoms with Crippen molar-refractivity contribution < 1.29 is 9.90 Å². The van der Waals surface area contributed by atoms with Gasteiger partial charge in [-0.15, -0.1) is 0 Å². The largest absolute Gasteiger partial charge is 0.465 e. The molecule has 1 saturated heterocycles. The van der Waals surface area contributed by atoms with E-state index in [0.717, 1.165) is 47.4 Å². The number of anilines is 1. The van der Waals surface area contributed by atoms with Gasteiger partial charge in [-0.2, -0.15) is 0 Å². The Kier molecular flexibility index (Phi) is 5.29. The Morgan fingerprint density at radius 2 is 2.19 bits per heavy atom. The first-order chi connectivity index (χ1) is 12.6. The molecule has 6 nitrogen and oxygen atoms in total. The van der Waals surface area contributed by atoms with Gasteiger partial charge in [0.2, 0.25) is 0 Å². The summed E-state index contributed by atoms with van der Waals surface area (Å²) >= 11 is 0. The van der Waals surface area contributed by atoms with E-state index in [-0.39, 0.29) is 17.5 Å². The van der Waals surface area contributed by atoms with Gasteiger partial charge in [0.25, 0.3) is 0 Å². The highest BCUT2D eigenvalue weighted by molar-refractivity contribution is 5.85. The molecular formula is C21H30N4O2. The van der Waals surface area contributed by atoms with E-state index in [1.165, 1.54) is 0 Å². The smallest absolute Gasteiger partial charge is 0.405 e. The molecule has 1 aliphatic rings. The van der Waals surface area contributed by atoms with Crippen LogP contribution in [-0.4, -0.2) is 35.3 Å². The van der Waals surface area contributed by atoms with Gasteiger partial charge >= 0.3 is 6.09 Å². The van der Waals surface area contributed by atoms with E-state index in [2.05, 4.69) is 50.0 Å². The van der Waals surface area contributed by atoms with Crippen LogP contribution in [0.25, 0.3) is 10.9 Å². The van der Waals surface area contributed by atoms with E-state index in [0.29, 0.717) is 6.42 Å². The molecule has 4 N–H and O–H groups in total. The average Bonchev–Trinajstić information content (AvgIpc) is 2.98. The lowest BCUT2D eigenvalue weighted by Crippen LogP contribution is -2.33. The first-order valence-electron chi connectivity index (χ1n) is 9.54. The first-order valence-corrected chi connectivity index (χ1v) is 9.54. The molecule has 3 rings (SSSR count). The number of aromatic nitrogens is 1. The van der Waals surface area contributed by atoms with Crippen LogP contribution in [0, 0.1) is 12.3 Å². The third kappa shape index (κ3) is 4.50. The second-order valence-corrected chi connectivity index (χ2v) is 8.81. The first kappa shape index (κ1) is 19.4. The summed E-state index contributed by atoms with van der Waals surface area (Å²) in [6, 6.07) is 8.00. The highest BCUT2D eigenvalue weighted by Crippen LogP contribution is 2.37. The summed E-state index contributed by atoms with van der Waals surface area (Å²) in [6.45, 7) is 9.99. The van der Waals surface area contributed by atoms with Gasteiger partial charge in [0.05, 0.1) is 11.6 Å². The Labute approximate surface area is 160 Å². The van der Waals surface area contributed by atoms with Crippen LogP contribution in [0.5, 0.6) is 0 Å². The number of benzene rings is 1. The lowest BCUT2D eigenvalue weighted by Gasteiger charge is -2.30. The minimum absolute atomic E-state index is 0.0344. The number of carboxylic acid groups (broad SMARTS) is 1. The van der Waals surface area contributed by atoms with Gasteiger partial charge in [-0.1, -0.05) is 39.0 Å². The molecule has 146 valence electrons. The zero-order chi connectivity index (χ0) is 19.8. The lowest BCUT2D eigenvalue weighted by molar-refractivity contribution is 0.185. The number of rotatable bonds is 4. The normalized spacial score (nSPS) is 18.7. The van der Waals surface area contributed by atoms with Crippen molar-refractivity contribution in [1.29, 1.82) is 0 Å². The average molecular weight is 370 g/mol. The molecule has 1 aromatic carbocycles. The number of hydrogen-bond acceptors (Lipinski definition) is 4. The summed E-state index contributed by atoms with van der Waals surface area (Å²) in [6.07, 6.45) is 0.590. The van der Waals surface area contributed by atoms with Gasteiger partial charge < -0.3 is 21.1 Å². The number of aryl methyl sites for hydroxylation is 1. The third-order valence-electron chi connectivity index (χ3n) is 5.07. The van der Waals surface area contributed by atoms with Gasteiger partial charge in [0.15, 0.2) is 0 Å². The number of pyridine rings is 1. The predicted molar refractivity (Wildman–Crippen MR) is 109 cm³/mol. The summed E-state index contributed by atoms with van der Waals surface area (Å²) in [7, 11) is 0. The van der Waals surface area contributed by atoms with Gasteiger partial charge in [-0.05, 0) is 36.8 Å². The molecule has 1 fully saturated rings. The van der Waals surface area contributed by atoms with Gasteiger partial charge in [0.1, 0.15) is 5.82 Å². The highest BCUT2D eigenvalue weighted by atomic mass is 16.4. The monoisotopic (exact) mass is 370 g/mol. The number of fused-ring (bicyclic) bond motifs is 1. The lowest BCUT2D eigenvalue weighted by atomic mass is 9.85. The van der Waals surface area contributed by atoms with Crippen molar-refractivity contribution in [3.05, 3.63) is 35.4 Å². The molecule has 0 bridgehead atoms. The van der Waals surface area contributed by atoms with E-state index >= 15 is 0 Å². The molecule has 2 heterocycles. The molecule has 0 aliphatic carbocycles. The predicted octanol–water partition coefficient (Wildman–Crippen LogP) is 3.83. The number of amides is 1. The molecule has 27 heavy (non-hydrogen) atoms. The van der Waals surface area contributed by atoms with Crippen molar-refractivity contribution >= 4 is 22.8 Å². The maximum Gasteiger partial charge on any atom is 0.405 e. The fourth-order valence-electron chi connectivity index (χ4n) is 3.84. The standard InChI is InChI=1S/C21H30N4O2/c1-13-6-5-7-14-10-16(17(23-20(26)27)11-21(2,3)4)19(24-18(13)14)25-9-8-15(22)12-25/h5-7,10,15,17,23H,8-9,11-12,22H2,1-4H3,(H,26,27)/t15-,17?/m0/s1. The Morgan fingerprint density at radius 3 is 2.78 bits per heavy atom. The molecule has 1 aromatic heterocycles. The van der Waals surface area contributed by atoms with Crippen molar-refractivity contribution in [1.82, 2.24) is 10.3 Å². The van der Waals surface area contributed by atoms with Crippen molar-refractivity contribution in [2.45, 2.75) is 52.6 Å². The van der Waals surface area contributed by atoms with E-state index in [1.807, 2.05) is 12.1 Å². The van der Waals surface area contributed by atoms with E-state index < -0.39 is 6.09 Å². The summed E-state index contributed by atoms with van der Waals surface area (Å²) in [5.41, 5.74) is 9.10. The van der Waals surface area contributed by atoms with Crippen LogP contribution in [-0.2, 0) is 0 Å². The maximum absolute atomic E-state index is 11.5. The topological polar surface area (TPSA) is 91.5 Å². The molecule has 6 heteroatoms. The second-order valence-electron chi connectivity index (χ2n) is 8.81. The number of hydrogen-bond donors (Lipinski definition) is 3. The minimum Gasteiger partial charge on any atom is -0.465 e. The SMILES string of the molecule is Cc1cccc2cc(C(CC(C)(C)C)NC(=O)O)c(N3CC[C@H](N)C3)nc12. The number of nitrogens with two attached hydrogens (primary N) is 1. The quantitative estimate of drug-likeness (QED) is 0.761. The van der Waals surface area contributed by atoms with Gasteiger partial charge in [0, 0.05) is 30.1 Å². The van der Waals surface area contributed by atoms with Gasteiger partial charge in [-0.25, -0.2) is 9.78 Å². The van der Waals surface area contributed by atoms with Crippen LogP contribution in [0.2, 0.25) is 0 Å². The van der Waals surface area contributed by atoms with Crippen LogP contribution in [0.4, 0.5) is 10.6 Å². The van der Waals surface area contributed by atoms with Crippen LogP contribution < -0.4 is 16.0 Å². The van der Waals surface area contributed by atoms with E-state index in [1.54, 1.807) is 0 Å². The summed E-state index contributed by atoms with van der Waals surface area (Å²) in [5.74, 6) is 0.854. The van der Waals surface area contributed by atoms with Crippen LogP contribution >= 0.6 is 0 Å². The fraction of sp³-hybridized carbons (Fsp3) is 0.524. The zero-order valence-corrected chi connectivity index (χ0v) is 16.6. The molecule has 2 aromatic rings. The van der Waals surface area contributed by atoms with Crippen LogP contribution in [0.1, 0.15) is 50.8 Å². The molecular weight excluding hydrogens is 340 g/mol. The van der Waals surface area contributed by atoms with Crippen molar-refractivity contribution in [2.75, 3.05) is 18.0 Å². The summed E-state index contributed by atoms with van der Waals surface area (Å²) < 4.78 is 0. The maximum atomic E-state index is 11.5. The minimum atomic E-state index is -1.02. The Balaban J connectivity index is 2.16. The molecule has 1 amide bonds. The number of para-hydroxylation sites is 1. The van der Waals surface area contributed by atoms with Crippen molar-refractivity contribution in [2.24, 2.45) is 11.1 Å². The number of nitrogens with zero attached hydrogens (tertiary/aromatic N) is 2. The number of carbonyl (C=O) groups is 1. The van der Waals surface area contributed by atoms with Crippen molar-refractivity contribution in [3.8, 4) is 0 Å². The second kappa shape index (κ2) is 7.35. The van der Waals surface area contributed by atoms with Crippen molar-refractivity contribution in [3.63, 3.8) is 0 Å². The Bertz CT molecular complexity index is 844. The molecule has 1 aliphatic heterocycles. The highest BCUT2D eigenvalue weighted by Gasteiger charge is 2.29. The van der Waals surface area contributed by atoms with Crippen LogP contribution in [0.3, 0.4) is 0 Å². The molecule has 0 spiro atoms. The number of nitrogens with one attached hydrogen (secondary N) is 1. The zero-order valence-electron chi connectivity index (χ0n) is 16.6. The third-order valence-corrected chi connectivity index (χ3v) is 5.07.